The smallest absolute Gasteiger partial charge is 0.253 e. The summed E-state index contributed by atoms with van der Waals surface area (Å²) in [4.78, 5) is 14.9. The number of amides is 1. The van der Waals surface area contributed by atoms with Crippen LogP contribution in [0.25, 0.3) is 0 Å². The second-order valence-corrected chi connectivity index (χ2v) is 11.5. The molecule has 2 N–H and O–H groups in total. The Morgan fingerprint density at radius 2 is 1.71 bits per heavy atom. The van der Waals surface area contributed by atoms with Gasteiger partial charge in [-0.1, -0.05) is 73.2 Å². The minimum atomic E-state index is -0.552. The fraction of sp³-hybridized carbons (Fsp3) is 0.545. The predicted molar refractivity (Wildman–Crippen MR) is 149 cm³/mol. The average Bonchev–Trinajstić information content (AvgIpc) is 3.67. The third kappa shape index (κ3) is 6.67. The van der Waals surface area contributed by atoms with Gasteiger partial charge in [0.2, 0.25) is 0 Å². The van der Waals surface area contributed by atoms with E-state index in [4.69, 9.17) is 4.74 Å². The maximum absolute atomic E-state index is 13.1. The summed E-state index contributed by atoms with van der Waals surface area (Å²) in [6.45, 7) is 1.13. The standard InChI is InChI=1S/C33H41NO4/c35-31(26-11-7-8-12-26)16-15-29-30-20-25(19-27(30)21-32(29)36)17-18-38-23-33(37)34(28-13-5-2-6-14-28)22-24-9-3-1-4-10-24/h1-6,9-10,13-14,25-27,29-32,35-36H,7-8,11-12,17-23H2/t25?,27-,29-,30-,31?,32-/m1/s1. The molecule has 0 spiro atoms. The molecule has 38 heavy (non-hydrogen) atoms. The summed E-state index contributed by atoms with van der Waals surface area (Å²) in [5.41, 5.74) is 1.95. The van der Waals surface area contributed by atoms with Gasteiger partial charge in [0, 0.05) is 18.2 Å². The van der Waals surface area contributed by atoms with E-state index in [0.717, 1.165) is 49.8 Å². The van der Waals surface area contributed by atoms with E-state index in [1.165, 1.54) is 12.8 Å². The minimum absolute atomic E-state index is 0.0269. The lowest BCUT2D eigenvalue weighted by Gasteiger charge is -2.23. The van der Waals surface area contributed by atoms with Crippen LogP contribution in [0.5, 0.6) is 0 Å². The number of anilines is 1. The first-order valence-electron chi connectivity index (χ1n) is 14.4. The molecule has 3 fully saturated rings. The maximum Gasteiger partial charge on any atom is 0.253 e. The summed E-state index contributed by atoms with van der Waals surface area (Å²) < 4.78 is 5.90. The van der Waals surface area contributed by atoms with Crippen molar-refractivity contribution in [1.29, 1.82) is 0 Å². The number of carbonyl (C=O) groups excluding carboxylic acids is 1. The van der Waals surface area contributed by atoms with Crippen molar-refractivity contribution >= 4 is 11.6 Å². The number of aliphatic hydroxyl groups excluding tert-OH is 2. The number of benzene rings is 2. The molecule has 6 atom stereocenters. The Morgan fingerprint density at radius 1 is 1.00 bits per heavy atom. The number of nitrogens with zero attached hydrogens (tertiary/aromatic N) is 1. The molecule has 1 amide bonds. The summed E-state index contributed by atoms with van der Waals surface area (Å²) in [5, 5.41) is 21.1. The van der Waals surface area contributed by atoms with E-state index in [1.807, 2.05) is 60.7 Å². The first-order chi connectivity index (χ1) is 18.6. The number of aliphatic hydroxyl groups is 2. The zero-order valence-electron chi connectivity index (χ0n) is 22.3. The van der Waals surface area contributed by atoms with Crippen molar-refractivity contribution < 1.29 is 19.7 Å². The normalized spacial score (nSPS) is 27.5. The van der Waals surface area contributed by atoms with Gasteiger partial charge >= 0.3 is 0 Å². The topological polar surface area (TPSA) is 70.0 Å². The van der Waals surface area contributed by atoms with Gasteiger partial charge in [-0.3, -0.25) is 4.79 Å². The molecule has 5 nitrogen and oxygen atoms in total. The highest BCUT2D eigenvalue weighted by Crippen LogP contribution is 2.50. The molecule has 0 bridgehead atoms. The third-order valence-corrected chi connectivity index (χ3v) is 8.96. The summed E-state index contributed by atoms with van der Waals surface area (Å²) in [6.07, 6.45) is 7.44. The van der Waals surface area contributed by atoms with Crippen molar-refractivity contribution in [2.75, 3.05) is 18.1 Å². The Kier molecular flexibility index (Phi) is 9.17. The highest BCUT2D eigenvalue weighted by atomic mass is 16.5. The van der Waals surface area contributed by atoms with Crippen LogP contribution in [0.4, 0.5) is 5.69 Å². The van der Waals surface area contributed by atoms with Crippen molar-refractivity contribution in [3.63, 3.8) is 0 Å². The summed E-state index contributed by atoms with van der Waals surface area (Å²) >= 11 is 0. The highest BCUT2D eigenvalue weighted by molar-refractivity contribution is 5.94. The van der Waals surface area contributed by atoms with Crippen molar-refractivity contribution in [1.82, 2.24) is 0 Å². The number of hydrogen-bond donors (Lipinski definition) is 2. The van der Waals surface area contributed by atoms with Crippen LogP contribution in [0.1, 0.15) is 56.9 Å². The minimum Gasteiger partial charge on any atom is -0.392 e. The largest absolute Gasteiger partial charge is 0.392 e. The Balaban J connectivity index is 1.10. The second kappa shape index (κ2) is 12.9. The number of para-hydroxylation sites is 1. The van der Waals surface area contributed by atoms with E-state index in [0.29, 0.717) is 36.8 Å². The lowest BCUT2D eigenvalue weighted by atomic mass is 9.90. The lowest BCUT2D eigenvalue weighted by molar-refractivity contribution is -0.123. The quantitative estimate of drug-likeness (QED) is 0.356. The van der Waals surface area contributed by atoms with E-state index in [2.05, 4.69) is 11.8 Å². The maximum atomic E-state index is 13.1. The van der Waals surface area contributed by atoms with Gasteiger partial charge in [0.25, 0.3) is 5.91 Å². The van der Waals surface area contributed by atoms with E-state index in [-0.39, 0.29) is 24.5 Å². The highest BCUT2D eigenvalue weighted by Gasteiger charge is 2.47. The first-order valence-corrected chi connectivity index (χ1v) is 14.4. The molecule has 5 rings (SSSR count). The zero-order valence-corrected chi connectivity index (χ0v) is 22.3. The number of carbonyl (C=O) groups is 1. The molecule has 0 radical (unpaired) electrons. The predicted octanol–water partition coefficient (Wildman–Crippen LogP) is 5.20. The monoisotopic (exact) mass is 515 g/mol. The van der Waals surface area contributed by atoms with Gasteiger partial charge in [-0.05, 0) is 79.9 Å². The molecule has 0 aromatic heterocycles. The zero-order chi connectivity index (χ0) is 26.3. The van der Waals surface area contributed by atoms with Crippen LogP contribution in [0.2, 0.25) is 0 Å². The Morgan fingerprint density at radius 3 is 2.45 bits per heavy atom. The molecule has 3 aliphatic rings. The van der Waals surface area contributed by atoms with E-state index >= 15 is 0 Å². The fourth-order valence-corrected chi connectivity index (χ4v) is 6.93. The van der Waals surface area contributed by atoms with Gasteiger partial charge in [0.15, 0.2) is 0 Å². The van der Waals surface area contributed by atoms with Crippen LogP contribution in [0.3, 0.4) is 0 Å². The first kappa shape index (κ1) is 26.9. The summed E-state index contributed by atoms with van der Waals surface area (Å²) in [7, 11) is 0. The average molecular weight is 516 g/mol. The molecule has 3 aliphatic carbocycles. The van der Waals surface area contributed by atoms with E-state index in [9.17, 15) is 15.0 Å². The van der Waals surface area contributed by atoms with E-state index < -0.39 is 6.10 Å². The van der Waals surface area contributed by atoms with Gasteiger partial charge in [-0.2, -0.15) is 0 Å². The van der Waals surface area contributed by atoms with Crippen molar-refractivity contribution in [3.05, 3.63) is 66.2 Å². The number of ether oxygens (including phenoxy) is 1. The molecule has 0 saturated heterocycles. The molecular weight excluding hydrogens is 474 g/mol. The molecule has 0 aliphatic heterocycles. The van der Waals surface area contributed by atoms with Gasteiger partial charge < -0.3 is 19.8 Å². The lowest BCUT2D eigenvalue weighted by Crippen LogP contribution is -2.33. The van der Waals surface area contributed by atoms with Crippen molar-refractivity contribution in [3.8, 4) is 11.8 Å². The Labute approximate surface area is 227 Å². The van der Waals surface area contributed by atoms with Crippen LogP contribution >= 0.6 is 0 Å². The van der Waals surface area contributed by atoms with Crippen LogP contribution in [0, 0.1) is 41.4 Å². The molecule has 202 valence electrons. The SMILES string of the molecule is O=C(COCCC1C[C@@H]2C[C@@H](O)[C@H](C#CC(O)C3CCCC3)[C@@H]2C1)N(Cc1ccccc1)c1ccccc1. The summed E-state index contributed by atoms with van der Waals surface area (Å²) in [5.74, 6) is 8.08. The molecule has 0 heterocycles. The van der Waals surface area contributed by atoms with Crippen LogP contribution in [-0.4, -0.2) is 41.5 Å². The van der Waals surface area contributed by atoms with Gasteiger partial charge in [-0.15, -0.1) is 0 Å². The van der Waals surface area contributed by atoms with Crippen molar-refractivity contribution in [2.24, 2.45) is 29.6 Å². The number of rotatable bonds is 9. The molecule has 2 aromatic rings. The molecule has 2 aromatic carbocycles. The third-order valence-electron chi connectivity index (χ3n) is 8.96. The Hall–Kier alpha value is -2.65. The Bertz CT molecular complexity index is 1090. The number of fused-ring (bicyclic) bond motifs is 1. The van der Waals surface area contributed by atoms with E-state index in [1.54, 1.807) is 4.90 Å². The van der Waals surface area contributed by atoms with Crippen LogP contribution in [0.15, 0.2) is 60.7 Å². The van der Waals surface area contributed by atoms with Crippen LogP contribution < -0.4 is 4.90 Å². The van der Waals surface area contributed by atoms with Gasteiger partial charge in [-0.25, -0.2) is 0 Å². The second-order valence-electron chi connectivity index (χ2n) is 11.5. The van der Waals surface area contributed by atoms with Gasteiger partial charge in [0.05, 0.1) is 12.6 Å². The molecule has 2 unspecified atom stereocenters. The van der Waals surface area contributed by atoms with Crippen LogP contribution in [-0.2, 0) is 16.1 Å². The molecule has 5 heteroatoms. The number of hydrogen-bond acceptors (Lipinski definition) is 4. The van der Waals surface area contributed by atoms with Gasteiger partial charge in [0.1, 0.15) is 12.7 Å². The fourth-order valence-electron chi connectivity index (χ4n) is 6.93. The molecule has 3 saturated carbocycles. The van der Waals surface area contributed by atoms with Crippen molar-refractivity contribution in [2.45, 2.75) is 70.1 Å². The summed E-state index contributed by atoms with van der Waals surface area (Å²) in [6, 6.07) is 19.8. The molecular formula is C33H41NO4.